The molecule has 1 aromatic heterocycles. The van der Waals surface area contributed by atoms with Gasteiger partial charge in [-0.25, -0.2) is 0 Å². The van der Waals surface area contributed by atoms with Crippen LogP contribution in [0, 0.1) is 6.92 Å². The average molecular weight is 211 g/mol. The van der Waals surface area contributed by atoms with Crippen LogP contribution in [0.1, 0.15) is 18.5 Å². The molecule has 4 heteroatoms. The molecule has 1 aliphatic rings. The highest BCUT2D eigenvalue weighted by Crippen LogP contribution is 2.46. The summed E-state index contributed by atoms with van der Waals surface area (Å²) in [7, 11) is 1.97. The molecule has 0 aliphatic heterocycles. The maximum atomic E-state index is 4.37. The van der Waals surface area contributed by atoms with Crippen LogP contribution >= 0.6 is 11.8 Å². The van der Waals surface area contributed by atoms with Crippen LogP contribution in [0.2, 0.25) is 0 Å². The van der Waals surface area contributed by atoms with E-state index in [0.717, 1.165) is 12.4 Å². The Morgan fingerprint density at radius 3 is 2.79 bits per heavy atom. The average Bonchev–Trinajstić information content (AvgIpc) is 2.88. The van der Waals surface area contributed by atoms with Crippen LogP contribution in [0.3, 0.4) is 0 Å². The first-order valence-corrected chi connectivity index (χ1v) is 6.17. The number of nitrogens with one attached hydrogen (secondary N) is 1. The lowest BCUT2D eigenvalue weighted by Crippen LogP contribution is -2.17. The van der Waals surface area contributed by atoms with Crippen LogP contribution in [0.5, 0.6) is 0 Å². The molecular formula is C10H17N3S. The molecule has 1 aromatic rings. The SMILES string of the molecule is CSC1(CNc2cc(C)n(C)n2)CC1. The molecule has 0 bridgehead atoms. The van der Waals surface area contributed by atoms with E-state index in [0.29, 0.717) is 4.75 Å². The van der Waals surface area contributed by atoms with Gasteiger partial charge in [0.15, 0.2) is 0 Å². The first kappa shape index (κ1) is 9.90. The minimum atomic E-state index is 0.505. The van der Waals surface area contributed by atoms with E-state index in [-0.39, 0.29) is 0 Å². The van der Waals surface area contributed by atoms with Gasteiger partial charge in [0.1, 0.15) is 5.82 Å². The Morgan fingerprint density at radius 2 is 2.36 bits per heavy atom. The number of anilines is 1. The molecule has 1 heterocycles. The second-order valence-corrected chi connectivity index (χ2v) is 5.31. The third-order valence-electron chi connectivity index (χ3n) is 2.95. The summed E-state index contributed by atoms with van der Waals surface area (Å²) in [5, 5.41) is 7.78. The molecule has 0 saturated heterocycles. The topological polar surface area (TPSA) is 29.9 Å². The number of rotatable bonds is 4. The van der Waals surface area contributed by atoms with E-state index in [1.54, 1.807) is 0 Å². The van der Waals surface area contributed by atoms with Gasteiger partial charge in [0.25, 0.3) is 0 Å². The lowest BCUT2D eigenvalue weighted by Gasteiger charge is -2.11. The first-order chi connectivity index (χ1) is 6.65. The summed E-state index contributed by atoms with van der Waals surface area (Å²) in [6.45, 7) is 3.12. The summed E-state index contributed by atoms with van der Waals surface area (Å²) in [6.07, 6.45) is 4.87. The summed E-state index contributed by atoms with van der Waals surface area (Å²) >= 11 is 1.97. The fourth-order valence-corrected chi connectivity index (χ4v) is 2.22. The summed E-state index contributed by atoms with van der Waals surface area (Å²) in [5.74, 6) is 1.00. The van der Waals surface area contributed by atoms with Gasteiger partial charge in [0, 0.05) is 30.1 Å². The van der Waals surface area contributed by atoms with Crippen LogP contribution in [0.4, 0.5) is 5.82 Å². The van der Waals surface area contributed by atoms with Gasteiger partial charge in [-0.15, -0.1) is 0 Å². The van der Waals surface area contributed by atoms with Gasteiger partial charge in [-0.2, -0.15) is 16.9 Å². The van der Waals surface area contributed by atoms with Crippen molar-refractivity contribution in [2.24, 2.45) is 7.05 Å². The van der Waals surface area contributed by atoms with Crippen molar-refractivity contribution in [1.82, 2.24) is 9.78 Å². The molecule has 0 aromatic carbocycles. The van der Waals surface area contributed by atoms with E-state index < -0.39 is 0 Å². The van der Waals surface area contributed by atoms with Gasteiger partial charge >= 0.3 is 0 Å². The zero-order chi connectivity index (χ0) is 10.2. The van der Waals surface area contributed by atoms with E-state index in [1.807, 2.05) is 23.5 Å². The van der Waals surface area contributed by atoms with Crippen molar-refractivity contribution in [3.05, 3.63) is 11.8 Å². The van der Waals surface area contributed by atoms with Crippen molar-refractivity contribution in [2.75, 3.05) is 18.1 Å². The van der Waals surface area contributed by atoms with Crippen molar-refractivity contribution in [3.8, 4) is 0 Å². The Bertz CT molecular complexity index is 309. The molecule has 1 fully saturated rings. The quantitative estimate of drug-likeness (QED) is 0.826. The number of aromatic nitrogens is 2. The number of nitrogens with zero attached hydrogens (tertiary/aromatic N) is 2. The molecule has 0 radical (unpaired) electrons. The molecule has 1 saturated carbocycles. The molecule has 3 nitrogen and oxygen atoms in total. The minimum Gasteiger partial charge on any atom is -0.367 e. The Hall–Kier alpha value is -0.640. The third kappa shape index (κ3) is 1.90. The normalized spacial score (nSPS) is 18.2. The Kier molecular flexibility index (Phi) is 2.47. The second kappa shape index (κ2) is 3.50. The molecule has 0 amide bonds. The van der Waals surface area contributed by atoms with Crippen LogP contribution in [-0.4, -0.2) is 27.3 Å². The number of hydrogen-bond acceptors (Lipinski definition) is 3. The van der Waals surface area contributed by atoms with Crippen LogP contribution < -0.4 is 5.32 Å². The fraction of sp³-hybridized carbons (Fsp3) is 0.700. The standard InChI is InChI=1S/C10H17N3S/c1-8-6-9(12-13(8)2)11-7-10(14-3)4-5-10/h6H,4-5,7H2,1-3H3,(H,11,12). The van der Waals surface area contributed by atoms with E-state index in [2.05, 4.69) is 29.7 Å². The maximum absolute atomic E-state index is 4.37. The molecule has 2 rings (SSSR count). The lowest BCUT2D eigenvalue weighted by atomic mass is 10.4. The second-order valence-electron chi connectivity index (χ2n) is 4.04. The monoisotopic (exact) mass is 211 g/mol. The largest absolute Gasteiger partial charge is 0.367 e. The van der Waals surface area contributed by atoms with Crippen LogP contribution in [0.15, 0.2) is 6.07 Å². The molecule has 0 atom stereocenters. The van der Waals surface area contributed by atoms with E-state index in [9.17, 15) is 0 Å². The number of thioether (sulfide) groups is 1. The van der Waals surface area contributed by atoms with Gasteiger partial charge in [-0.05, 0) is 26.0 Å². The Labute approximate surface area is 89.3 Å². The van der Waals surface area contributed by atoms with Gasteiger partial charge in [-0.1, -0.05) is 0 Å². The highest BCUT2D eigenvalue weighted by molar-refractivity contribution is 8.00. The van der Waals surface area contributed by atoms with Crippen molar-refractivity contribution in [1.29, 1.82) is 0 Å². The van der Waals surface area contributed by atoms with E-state index in [4.69, 9.17) is 0 Å². The van der Waals surface area contributed by atoms with Gasteiger partial charge in [-0.3, -0.25) is 4.68 Å². The molecule has 78 valence electrons. The van der Waals surface area contributed by atoms with Gasteiger partial charge in [0.05, 0.1) is 0 Å². The molecule has 1 aliphatic carbocycles. The predicted octanol–water partition coefficient (Wildman–Crippen LogP) is 2.04. The maximum Gasteiger partial charge on any atom is 0.148 e. The smallest absolute Gasteiger partial charge is 0.148 e. The van der Waals surface area contributed by atoms with Crippen molar-refractivity contribution in [3.63, 3.8) is 0 Å². The first-order valence-electron chi connectivity index (χ1n) is 4.95. The summed E-state index contributed by atoms with van der Waals surface area (Å²) < 4.78 is 2.41. The molecule has 14 heavy (non-hydrogen) atoms. The zero-order valence-corrected chi connectivity index (χ0v) is 9.82. The third-order valence-corrected chi connectivity index (χ3v) is 4.36. The Morgan fingerprint density at radius 1 is 1.64 bits per heavy atom. The molecular weight excluding hydrogens is 194 g/mol. The molecule has 1 N–H and O–H groups in total. The fourth-order valence-electron chi connectivity index (χ4n) is 1.49. The summed E-state index contributed by atoms with van der Waals surface area (Å²) in [6, 6.07) is 2.09. The Balaban J connectivity index is 1.92. The van der Waals surface area contributed by atoms with Gasteiger partial charge in [0.2, 0.25) is 0 Å². The van der Waals surface area contributed by atoms with E-state index >= 15 is 0 Å². The summed E-state index contributed by atoms with van der Waals surface area (Å²) in [4.78, 5) is 0. The van der Waals surface area contributed by atoms with E-state index in [1.165, 1.54) is 18.5 Å². The highest BCUT2D eigenvalue weighted by atomic mass is 32.2. The minimum absolute atomic E-state index is 0.505. The zero-order valence-electron chi connectivity index (χ0n) is 9.00. The van der Waals surface area contributed by atoms with Gasteiger partial charge < -0.3 is 5.32 Å². The van der Waals surface area contributed by atoms with Crippen LogP contribution in [0.25, 0.3) is 0 Å². The van der Waals surface area contributed by atoms with Crippen molar-refractivity contribution >= 4 is 17.6 Å². The number of aryl methyl sites for hydroxylation is 2. The summed E-state index contributed by atoms with van der Waals surface area (Å²) in [5.41, 5.74) is 1.20. The lowest BCUT2D eigenvalue weighted by molar-refractivity contribution is 0.740. The molecule has 0 unspecified atom stereocenters. The number of hydrogen-bond donors (Lipinski definition) is 1. The highest BCUT2D eigenvalue weighted by Gasteiger charge is 2.41. The van der Waals surface area contributed by atoms with Crippen molar-refractivity contribution in [2.45, 2.75) is 24.5 Å². The van der Waals surface area contributed by atoms with Crippen molar-refractivity contribution < 1.29 is 0 Å². The predicted molar refractivity (Wildman–Crippen MR) is 61.9 cm³/mol. The molecule has 0 spiro atoms. The van der Waals surface area contributed by atoms with Crippen LogP contribution in [-0.2, 0) is 7.05 Å².